The van der Waals surface area contributed by atoms with Crippen molar-refractivity contribution >= 4 is 0 Å². The number of hydrogen-bond donors (Lipinski definition) is 1. The molecule has 0 bridgehead atoms. The molecule has 6 heteroatoms. The van der Waals surface area contributed by atoms with Crippen LogP contribution in [0.2, 0.25) is 0 Å². The predicted molar refractivity (Wildman–Crippen MR) is 103 cm³/mol. The normalized spacial score (nSPS) is 18.8. The van der Waals surface area contributed by atoms with Gasteiger partial charge in [0.15, 0.2) is 11.6 Å². The zero-order chi connectivity index (χ0) is 19.9. The number of halogens is 2. The van der Waals surface area contributed by atoms with E-state index >= 15 is 0 Å². The summed E-state index contributed by atoms with van der Waals surface area (Å²) in [6.45, 7) is 4.41. The van der Waals surface area contributed by atoms with E-state index < -0.39 is 17.7 Å². The second kappa shape index (κ2) is 9.96. The van der Waals surface area contributed by atoms with Gasteiger partial charge < -0.3 is 14.6 Å². The number of benzene rings is 2. The Morgan fingerprint density at radius 1 is 1.18 bits per heavy atom. The van der Waals surface area contributed by atoms with Crippen molar-refractivity contribution in [1.82, 2.24) is 4.90 Å². The molecular weight excluding hydrogens is 364 g/mol. The topological polar surface area (TPSA) is 41.9 Å². The first-order valence-electron chi connectivity index (χ1n) is 9.74. The summed E-state index contributed by atoms with van der Waals surface area (Å²) in [6.07, 6.45) is 1.14. The van der Waals surface area contributed by atoms with Crippen molar-refractivity contribution < 1.29 is 23.4 Å². The fourth-order valence-corrected chi connectivity index (χ4v) is 3.37. The zero-order valence-electron chi connectivity index (χ0n) is 16.1. The van der Waals surface area contributed by atoms with Gasteiger partial charge in [-0.25, -0.2) is 8.78 Å². The Kier molecular flexibility index (Phi) is 7.36. The van der Waals surface area contributed by atoms with Gasteiger partial charge in [-0.1, -0.05) is 31.5 Å². The number of aryl methyl sites for hydroxylation is 1. The first-order chi connectivity index (χ1) is 13.5. The third kappa shape index (κ3) is 5.74. The summed E-state index contributed by atoms with van der Waals surface area (Å²) >= 11 is 0. The lowest BCUT2D eigenvalue weighted by Gasteiger charge is -2.34. The largest absolute Gasteiger partial charge is 0.491 e. The molecule has 3 rings (SSSR count). The van der Waals surface area contributed by atoms with Crippen molar-refractivity contribution in [3.63, 3.8) is 0 Å². The quantitative estimate of drug-likeness (QED) is 0.745. The minimum Gasteiger partial charge on any atom is -0.491 e. The number of β-amino-alcohol motifs (C(OH)–C–C–N with tert-alkyl or cyclic N) is 1. The van der Waals surface area contributed by atoms with E-state index in [1.54, 1.807) is 0 Å². The molecule has 0 radical (unpaired) electrons. The number of rotatable bonds is 8. The van der Waals surface area contributed by atoms with Crippen LogP contribution in [0.4, 0.5) is 8.78 Å². The molecule has 0 amide bonds. The highest BCUT2D eigenvalue weighted by Crippen LogP contribution is 2.24. The van der Waals surface area contributed by atoms with Crippen LogP contribution in [0.5, 0.6) is 5.75 Å². The van der Waals surface area contributed by atoms with Crippen LogP contribution in [0.1, 0.15) is 30.6 Å². The summed E-state index contributed by atoms with van der Waals surface area (Å²) in [6, 6.07) is 11.7. The van der Waals surface area contributed by atoms with Gasteiger partial charge >= 0.3 is 0 Å². The lowest BCUT2D eigenvalue weighted by atomic mass is 10.1. The van der Waals surface area contributed by atoms with Crippen molar-refractivity contribution in [2.24, 2.45) is 0 Å². The van der Waals surface area contributed by atoms with E-state index in [9.17, 15) is 13.9 Å². The van der Waals surface area contributed by atoms with Crippen molar-refractivity contribution in [1.29, 1.82) is 0 Å². The van der Waals surface area contributed by atoms with Gasteiger partial charge in [0.25, 0.3) is 0 Å². The molecule has 2 unspecified atom stereocenters. The number of aliphatic hydroxyl groups is 1. The summed E-state index contributed by atoms with van der Waals surface area (Å²) < 4.78 is 38.0. The van der Waals surface area contributed by atoms with Gasteiger partial charge in [0.1, 0.15) is 18.5 Å². The number of morpholine rings is 1. The Balaban J connectivity index is 1.48. The van der Waals surface area contributed by atoms with Gasteiger partial charge in [0, 0.05) is 19.6 Å². The molecule has 2 aromatic rings. The second-order valence-electron chi connectivity index (χ2n) is 7.15. The van der Waals surface area contributed by atoms with E-state index in [4.69, 9.17) is 9.47 Å². The lowest BCUT2D eigenvalue weighted by Crippen LogP contribution is -2.43. The Morgan fingerprint density at radius 3 is 2.68 bits per heavy atom. The molecule has 1 aliphatic heterocycles. The van der Waals surface area contributed by atoms with Crippen LogP contribution in [0, 0.1) is 11.6 Å². The molecule has 1 fully saturated rings. The highest BCUT2D eigenvalue weighted by molar-refractivity contribution is 5.27. The van der Waals surface area contributed by atoms with E-state index in [-0.39, 0.29) is 12.7 Å². The van der Waals surface area contributed by atoms with Crippen LogP contribution < -0.4 is 4.74 Å². The predicted octanol–water partition coefficient (Wildman–Crippen LogP) is 3.73. The summed E-state index contributed by atoms with van der Waals surface area (Å²) in [5.74, 6) is -1.01. The van der Waals surface area contributed by atoms with Gasteiger partial charge in [0.2, 0.25) is 0 Å². The highest BCUT2D eigenvalue weighted by atomic mass is 19.2. The average Bonchev–Trinajstić information content (AvgIpc) is 2.70. The Morgan fingerprint density at radius 2 is 1.96 bits per heavy atom. The number of nitrogens with zero attached hydrogens (tertiary/aromatic N) is 1. The van der Waals surface area contributed by atoms with Crippen LogP contribution in [-0.4, -0.2) is 49.0 Å². The van der Waals surface area contributed by atoms with Gasteiger partial charge in [0.05, 0.1) is 12.7 Å². The molecule has 152 valence electrons. The smallest absolute Gasteiger partial charge is 0.159 e. The molecule has 0 saturated carbocycles. The van der Waals surface area contributed by atoms with Crippen molar-refractivity contribution in [3.05, 3.63) is 65.2 Å². The monoisotopic (exact) mass is 391 g/mol. The van der Waals surface area contributed by atoms with E-state index in [0.717, 1.165) is 24.7 Å². The molecule has 1 saturated heterocycles. The molecule has 0 aliphatic carbocycles. The maximum atomic E-state index is 13.5. The lowest BCUT2D eigenvalue weighted by molar-refractivity contribution is -0.0460. The van der Waals surface area contributed by atoms with E-state index in [2.05, 4.69) is 6.92 Å². The summed E-state index contributed by atoms with van der Waals surface area (Å²) in [5, 5.41) is 10.3. The standard InChI is InChI=1S/C22H27F2NO3/c1-2-3-16-4-7-19(8-5-16)28-15-18(26)13-25-10-11-27-22(14-25)17-6-9-20(23)21(24)12-17/h4-9,12,18,22,26H,2-3,10-11,13-15H2,1H3. The molecular formula is C22H27F2NO3. The molecule has 1 heterocycles. The van der Waals surface area contributed by atoms with E-state index in [1.807, 2.05) is 29.2 Å². The Hall–Kier alpha value is -2.02. The van der Waals surface area contributed by atoms with E-state index in [1.165, 1.54) is 17.7 Å². The molecule has 0 aromatic heterocycles. The molecule has 28 heavy (non-hydrogen) atoms. The van der Waals surface area contributed by atoms with Crippen molar-refractivity contribution in [2.75, 3.05) is 32.8 Å². The van der Waals surface area contributed by atoms with Crippen molar-refractivity contribution in [2.45, 2.75) is 32.0 Å². The fraction of sp³-hybridized carbons (Fsp3) is 0.455. The number of aliphatic hydroxyl groups excluding tert-OH is 1. The molecule has 2 atom stereocenters. The third-order valence-corrected chi connectivity index (χ3v) is 4.84. The highest BCUT2D eigenvalue weighted by Gasteiger charge is 2.24. The minimum absolute atomic E-state index is 0.195. The summed E-state index contributed by atoms with van der Waals surface area (Å²) in [7, 11) is 0. The van der Waals surface area contributed by atoms with Crippen LogP contribution in [0.25, 0.3) is 0 Å². The SMILES string of the molecule is CCCc1ccc(OCC(O)CN2CCOC(c3ccc(F)c(F)c3)C2)cc1. The van der Waals surface area contributed by atoms with Crippen LogP contribution in [0.3, 0.4) is 0 Å². The van der Waals surface area contributed by atoms with E-state index in [0.29, 0.717) is 31.8 Å². The summed E-state index contributed by atoms with van der Waals surface area (Å²) in [5.41, 5.74) is 1.87. The van der Waals surface area contributed by atoms with Gasteiger partial charge in [-0.05, 0) is 41.8 Å². The van der Waals surface area contributed by atoms with Crippen LogP contribution in [0.15, 0.2) is 42.5 Å². The van der Waals surface area contributed by atoms with Crippen molar-refractivity contribution in [3.8, 4) is 5.75 Å². The summed E-state index contributed by atoms with van der Waals surface area (Å²) in [4.78, 5) is 2.05. The fourth-order valence-electron chi connectivity index (χ4n) is 3.37. The molecule has 1 aliphatic rings. The Labute approximate surface area is 164 Å². The first-order valence-corrected chi connectivity index (χ1v) is 9.74. The van der Waals surface area contributed by atoms with Gasteiger partial charge in [-0.2, -0.15) is 0 Å². The molecule has 4 nitrogen and oxygen atoms in total. The molecule has 1 N–H and O–H groups in total. The minimum atomic E-state index is -0.878. The number of ether oxygens (including phenoxy) is 2. The third-order valence-electron chi connectivity index (χ3n) is 4.84. The van der Waals surface area contributed by atoms with Gasteiger partial charge in [-0.15, -0.1) is 0 Å². The Bertz CT molecular complexity index is 754. The zero-order valence-corrected chi connectivity index (χ0v) is 16.1. The first kappa shape index (κ1) is 20.7. The van der Waals surface area contributed by atoms with Crippen LogP contribution >= 0.6 is 0 Å². The maximum absolute atomic E-state index is 13.5. The average molecular weight is 391 g/mol. The maximum Gasteiger partial charge on any atom is 0.159 e. The molecule has 0 spiro atoms. The molecule has 2 aromatic carbocycles. The van der Waals surface area contributed by atoms with Gasteiger partial charge in [-0.3, -0.25) is 4.90 Å². The van der Waals surface area contributed by atoms with Crippen LogP contribution in [-0.2, 0) is 11.2 Å². The number of hydrogen-bond acceptors (Lipinski definition) is 4. The second-order valence-corrected chi connectivity index (χ2v) is 7.15.